The summed E-state index contributed by atoms with van der Waals surface area (Å²) in [5, 5.41) is 12.2. The summed E-state index contributed by atoms with van der Waals surface area (Å²) in [5.41, 5.74) is 0.497. The second kappa shape index (κ2) is 4.30. The first-order valence-corrected chi connectivity index (χ1v) is 5.96. The van der Waals surface area contributed by atoms with Gasteiger partial charge in [0.25, 0.3) is 0 Å². The van der Waals surface area contributed by atoms with Gasteiger partial charge in [-0.3, -0.25) is 0 Å². The van der Waals surface area contributed by atoms with Crippen molar-refractivity contribution in [1.29, 1.82) is 5.26 Å². The van der Waals surface area contributed by atoms with E-state index in [9.17, 15) is 0 Å². The number of nitriles is 1. The van der Waals surface area contributed by atoms with E-state index in [4.69, 9.17) is 10.00 Å². The summed E-state index contributed by atoms with van der Waals surface area (Å²) in [6.45, 7) is 0.826. The molecule has 88 valence electrons. The maximum Gasteiger partial charge on any atom is 0.147 e. The minimum atomic E-state index is 0.403. The molecule has 1 aromatic rings. The number of fused-ring (bicyclic) bond motifs is 2. The summed E-state index contributed by atoms with van der Waals surface area (Å²) in [7, 11) is 0. The minimum absolute atomic E-state index is 0.403. The van der Waals surface area contributed by atoms with Gasteiger partial charge in [0.15, 0.2) is 0 Å². The fourth-order valence-electron chi connectivity index (χ4n) is 2.74. The molecule has 2 fully saturated rings. The summed E-state index contributed by atoms with van der Waals surface area (Å²) in [5.74, 6) is 1.18. The van der Waals surface area contributed by atoms with Gasteiger partial charge in [-0.15, -0.1) is 0 Å². The quantitative estimate of drug-likeness (QED) is 0.848. The van der Waals surface area contributed by atoms with E-state index in [-0.39, 0.29) is 0 Å². The molecule has 17 heavy (non-hydrogen) atoms. The number of aromatic nitrogens is 2. The third kappa shape index (κ3) is 1.96. The highest BCUT2D eigenvalue weighted by Crippen LogP contribution is 2.38. The molecule has 5 heteroatoms. The monoisotopic (exact) mass is 230 g/mol. The van der Waals surface area contributed by atoms with Gasteiger partial charge in [0.1, 0.15) is 23.8 Å². The largest absolute Gasteiger partial charge is 0.375 e. The maximum atomic E-state index is 8.92. The zero-order chi connectivity index (χ0) is 11.7. The lowest BCUT2D eigenvalue weighted by molar-refractivity contribution is 0.0941. The van der Waals surface area contributed by atoms with Gasteiger partial charge in [-0.2, -0.15) is 5.26 Å². The Kier molecular flexibility index (Phi) is 2.65. The van der Waals surface area contributed by atoms with Crippen LogP contribution in [-0.2, 0) is 4.74 Å². The molecule has 2 aliphatic rings. The average Bonchev–Trinajstić information content (AvgIpc) is 2.98. The lowest BCUT2D eigenvalue weighted by Gasteiger charge is -2.19. The van der Waals surface area contributed by atoms with E-state index in [1.165, 1.54) is 25.4 Å². The van der Waals surface area contributed by atoms with Gasteiger partial charge < -0.3 is 10.1 Å². The summed E-state index contributed by atoms with van der Waals surface area (Å²) in [6.07, 6.45) is 7.37. The molecule has 3 unspecified atom stereocenters. The van der Waals surface area contributed by atoms with Crippen molar-refractivity contribution in [3.8, 4) is 6.07 Å². The first-order chi connectivity index (χ1) is 8.36. The Morgan fingerprint density at radius 2 is 2.47 bits per heavy atom. The number of ether oxygens (including phenoxy) is 1. The summed E-state index contributed by atoms with van der Waals surface area (Å²) < 4.78 is 5.79. The van der Waals surface area contributed by atoms with Crippen molar-refractivity contribution in [2.45, 2.75) is 31.5 Å². The van der Waals surface area contributed by atoms with Crippen molar-refractivity contribution in [3.63, 3.8) is 0 Å². The van der Waals surface area contributed by atoms with Crippen LogP contribution < -0.4 is 5.32 Å². The molecule has 2 saturated heterocycles. The molecule has 0 saturated carbocycles. The smallest absolute Gasteiger partial charge is 0.147 e. The minimum Gasteiger partial charge on any atom is -0.375 e. The van der Waals surface area contributed by atoms with Crippen LogP contribution in [0.2, 0.25) is 0 Å². The van der Waals surface area contributed by atoms with Crippen molar-refractivity contribution in [1.82, 2.24) is 9.97 Å². The van der Waals surface area contributed by atoms with Crippen LogP contribution in [0, 0.1) is 17.2 Å². The van der Waals surface area contributed by atoms with Gasteiger partial charge in [0, 0.05) is 12.5 Å². The van der Waals surface area contributed by atoms with Crippen molar-refractivity contribution < 1.29 is 4.74 Å². The SMILES string of the molecule is N#Cc1cncnc1NCC1CC2CCC1O2. The van der Waals surface area contributed by atoms with E-state index in [0.29, 0.717) is 29.5 Å². The Labute approximate surface area is 99.8 Å². The zero-order valence-corrected chi connectivity index (χ0v) is 9.47. The van der Waals surface area contributed by atoms with Gasteiger partial charge in [-0.1, -0.05) is 0 Å². The predicted octanol–water partition coefficient (Wildman–Crippen LogP) is 1.33. The third-order valence-electron chi connectivity index (χ3n) is 3.60. The molecule has 3 atom stereocenters. The van der Waals surface area contributed by atoms with Crippen LogP contribution in [0.5, 0.6) is 0 Å². The van der Waals surface area contributed by atoms with Gasteiger partial charge in [-0.05, 0) is 19.3 Å². The lowest BCUT2D eigenvalue weighted by atomic mass is 9.89. The Morgan fingerprint density at radius 3 is 3.18 bits per heavy atom. The topological polar surface area (TPSA) is 70.8 Å². The van der Waals surface area contributed by atoms with Crippen LogP contribution in [0.15, 0.2) is 12.5 Å². The van der Waals surface area contributed by atoms with E-state index >= 15 is 0 Å². The van der Waals surface area contributed by atoms with Crippen LogP contribution >= 0.6 is 0 Å². The molecular weight excluding hydrogens is 216 g/mol. The van der Waals surface area contributed by atoms with Crippen LogP contribution in [0.4, 0.5) is 5.82 Å². The lowest BCUT2D eigenvalue weighted by Crippen LogP contribution is -2.24. The van der Waals surface area contributed by atoms with E-state index in [1.807, 2.05) is 0 Å². The number of nitrogens with one attached hydrogen (secondary N) is 1. The maximum absolute atomic E-state index is 8.92. The molecule has 1 N–H and O–H groups in total. The first kappa shape index (κ1) is 10.5. The number of anilines is 1. The fourth-order valence-corrected chi connectivity index (χ4v) is 2.74. The highest BCUT2D eigenvalue weighted by Gasteiger charge is 2.40. The Bertz CT molecular complexity index is 456. The predicted molar refractivity (Wildman–Crippen MR) is 61.2 cm³/mol. The standard InChI is InChI=1S/C12H14N4O/c13-4-9-5-14-7-16-12(9)15-6-8-3-10-1-2-11(8)17-10/h5,7-8,10-11H,1-3,6H2,(H,14,15,16). The van der Waals surface area contributed by atoms with E-state index in [0.717, 1.165) is 13.0 Å². The number of hydrogen-bond donors (Lipinski definition) is 1. The molecule has 0 amide bonds. The Morgan fingerprint density at radius 1 is 1.53 bits per heavy atom. The van der Waals surface area contributed by atoms with Crippen molar-refractivity contribution in [2.24, 2.45) is 5.92 Å². The Balaban J connectivity index is 1.63. The molecule has 0 aliphatic carbocycles. The first-order valence-electron chi connectivity index (χ1n) is 5.96. The van der Waals surface area contributed by atoms with Crippen LogP contribution in [-0.4, -0.2) is 28.7 Å². The Hall–Kier alpha value is -1.67. The third-order valence-corrected chi connectivity index (χ3v) is 3.60. The van der Waals surface area contributed by atoms with Crippen LogP contribution in [0.1, 0.15) is 24.8 Å². The highest BCUT2D eigenvalue weighted by atomic mass is 16.5. The molecule has 0 radical (unpaired) electrons. The van der Waals surface area contributed by atoms with E-state index < -0.39 is 0 Å². The summed E-state index contributed by atoms with van der Waals surface area (Å²) >= 11 is 0. The van der Waals surface area contributed by atoms with E-state index in [2.05, 4.69) is 21.4 Å². The number of rotatable bonds is 3. The normalized spacial score (nSPS) is 30.2. The van der Waals surface area contributed by atoms with Crippen LogP contribution in [0.3, 0.4) is 0 Å². The molecule has 2 bridgehead atoms. The van der Waals surface area contributed by atoms with Crippen molar-refractivity contribution >= 4 is 5.82 Å². The number of hydrogen-bond acceptors (Lipinski definition) is 5. The van der Waals surface area contributed by atoms with Gasteiger partial charge in [0.05, 0.1) is 18.4 Å². The highest BCUT2D eigenvalue weighted by molar-refractivity contribution is 5.49. The molecule has 3 rings (SSSR count). The average molecular weight is 230 g/mol. The molecule has 5 nitrogen and oxygen atoms in total. The van der Waals surface area contributed by atoms with Gasteiger partial charge in [-0.25, -0.2) is 9.97 Å². The second-order valence-corrected chi connectivity index (χ2v) is 4.65. The molecule has 0 aromatic carbocycles. The summed E-state index contributed by atoms with van der Waals surface area (Å²) in [4.78, 5) is 7.92. The van der Waals surface area contributed by atoms with Gasteiger partial charge in [0.2, 0.25) is 0 Å². The van der Waals surface area contributed by atoms with Crippen LogP contribution in [0.25, 0.3) is 0 Å². The second-order valence-electron chi connectivity index (χ2n) is 4.65. The molecule has 3 heterocycles. The van der Waals surface area contributed by atoms with E-state index in [1.54, 1.807) is 0 Å². The number of nitrogens with zero attached hydrogens (tertiary/aromatic N) is 3. The molecule has 0 spiro atoms. The van der Waals surface area contributed by atoms with Crippen molar-refractivity contribution in [2.75, 3.05) is 11.9 Å². The molecule has 1 aromatic heterocycles. The van der Waals surface area contributed by atoms with Gasteiger partial charge >= 0.3 is 0 Å². The zero-order valence-electron chi connectivity index (χ0n) is 9.47. The molecular formula is C12H14N4O. The van der Waals surface area contributed by atoms with Crippen molar-refractivity contribution in [3.05, 3.63) is 18.1 Å². The summed E-state index contributed by atoms with van der Waals surface area (Å²) in [6, 6.07) is 2.09. The fraction of sp³-hybridized carbons (Fsp3) is 0.583. The molecule has 2 aliphatic heterocycles.